The Kier molecular flexibility index (Phi) is 5.22. The van der Waals surface area contributed by atoms with Crippen LogP contribution in [0.3, 0.4) is 0 Å². The molecule has 1 unspecified atom stereocenters. The molecule has 0 aromatic rings. The third-order valence-electron chi connectivity index (χ3n) is 3.15. The van der Waals surface area contributed by atoms with Crippen LogP contribution in [0, 0.1) is 5.92 Å². The first-order chi connectivity index (χ1) is 7.54. The first-order valence-electron chi connectivity index (χ1n) is 6.15. The first-order valence-corrected chi connectivity index (χ1v) is 6.15. The quantitative estimate of drug-likeness (QED) is 0.671. The van der Waals surface area contributed by atoms with E-state index in [2.05, 4.69) is 24.1 Å². The highest BCUT2D eigenvalue weighted by molar-refractivity contribution is 5.78. The van der Waals surface area contributed by atoms with Gasteiger partial charge in [-0.05, 0) is 32.2 Å². The molecule has 0 saturated heterocycles. The fraction of sp³-hybridized carbons (Fsp3) is 0.917. The van der Waals surface area contributed by atoms with E-state index in [1.807, 2.05) is 7.05 Å². The molecule has 1 rings (SSSR count). The Morgan fingerprint density at radius 3 is 2.56 bits per heavy atom. The Morgan fingerprint density at radius 2 is 2.12 bits per heavy atom. The van der Waals surface area contributed by atoms with Crippen LogP contribution in [-0.2, 0) is 4.79 Å². The van der Waals surface area contributed by atoms with Crippen LogP contribution in [0.2, 0.25) is 0 Å². The minimum absolute atomic E-state index is 0.0709. The van der Waals surface area contributed by atoms with Crippen molar-refractivity contribution in [2.24, 2.45) is 5.92 Å². The number of hydrogen-bond donors (Lipinski definition) is 2. The Bertz CT molecular complexity index is 227. The van der Waals surface area contributed by atoms with E-state index < -0.39 is 0 Å². The molecule has 0 bridgehead atoms. The molecule has 0 radical (unpaired) electrons. The summed E-state index contributed by atoms with van der Waals surface area (Å²) in [6.45, 7) is 4.72. The monoisotopic (exact) mass is 228 g/mol. The fourth-order valence-electron chi connectivity index (χ4n) is 1.83. The largest absolute Gasteiger partial charge is 0.396 e. The van der Waals surface area contributed by atoms with Crippen molar-refractivity contribution in [3.63, 3.8) is 0 Å². The van der Waals surface area contributed by atoms with Crippen molar-refractivity contribution in [3.8, 4) is 0 Å². The number of carbonyl (C=O) groups is 1. The molecule has 16 heavy (non-hydrogen) atoms. The van der Waals surface area contributed by atoms with Gasteiger partial charge in [-0.15, -0.1) is 0 Å². The molecule has 94 valence electrons. The zero-order valence-electron chi connectivity index (χ0n) is 10.6. The van der Waals surface area contributed by atoms with E-state index in [0.29, 0.717) is 24.9 Å². The molecule has 1 saturated carbocycles. The summed E-state index contributed by atoms with van der Waals surface area (Å²) in [7, 11) is 1.99. The van der Waals surface area contributed by atoms with E-state index in [-0.39, 0.29) is 18.6 Å². The van der Waals surface area contributed by atoms with Gasteiger partial charge in [-0.1, -0.05) is 13.8 Å². The summed E-state index contributed by atoms with van der Waals surface area (Å²) in [5.41, 5.74) is 0. The maximum absolute atomic E-state index is 11.7. The standard InChI is InChI=1S/C12H24N2O2/c1-9(2)11(6-7-15)13-12(16)8-14(3)10-4-5-10/h9-11,15H,4-8H2,1-3H3,(H,13,16). The molecule has 1 fully saturated rings. The lowest BCUT2D eigenvalue weighted by Crippen LogP contribution is -2.44. The highest BCUT2D eigenvalue weighted by atomic mass is 16.3. The van der Waals surface area contributed by atoms with Crippen molar-refractivity contribution in [3.05, 3.63) is 0 Å². The number of nitrogens with one attached hydrogen (secondary N) is 1. The number of likely N-dealkylation sites (N-methyl/N-ethyl adjacent to an activating group) is 1. The average Bonchev–Trinajstić information content (AvgIpc) is 2.99. The van der Waals surface area contributed by atoms with Crippen molar-refractivity contribution < 1.29 is 9.90 Å². The van der Waals surface area contributed by atoms with Crippen LogP contribution < -0.4 is 5.32 Å². The summed E-state index contributed by atoms with van der Waals surface area (Å²) < 4.78 is 0. The summed E-state index contributed by atoms with van der Waals surface area (Å²) in [5, 5.41) is 11.9. The SMILES string of the molecule is CC(C)C(CCO)NC(=O)CN(C)C1CC1. The zero-order chi connectivity index (χ0) is 12.1. The number of aliphatic hydroxyl groups excluding tert-OH is 1. The van der Waals surface area contributed by atoms with Gasteiger partial charge in [0, 0.05) is 18.7 Å². The predicted molar refractivity (Wildman–Crippen MR) is 64.1 cm³/mol. The van der Waals surface area contributed by atoms with Crippen molar-refractivity contribution >= 4 is 5.91 Å². The average molecular weight is 228 g/mol. The molecule has 4 heteroatoms. The lowest BCUT2D eigenvalue weighted by Gasteiger charge is -2.23. The molecule has 0 aromatic heterocycles. The van der Waals surface area contributed by atoms with Crippen LogP contribution >= 0.6 is 0 Å². The number of amides is 1. The van der Waals surface area contributed by atoms with E-state index >= 15 is 0 Å². The molecule has 1 aliphatic carbocycles. The van der Waals surface area contributed by atoms with Gasteiger partial charge in [-0.3, -0.25) is 9.69 Å². The van der Waals surface area contributed by atoms with Crippen molar-refractivity contribution in [1.29, 1.82) is 0 Å². The second-order valence-corrected chi connectivity index (χ2v) is 5.08. The van der Waals surface area contributed by atoms with E-state index in [4.69, 9.17) is 5.11 Å². The molecule has 1 atom stereocenters. The summed E-state index contributed by atoms with van der Waals surface area (Å²) >= 11 is 0. The Balaban J connectivity index is 2.29. The third kappa shape index (κ3) is 4.49. The van der Waals surface area contributed by atoms with Gasteiger partial charge in [0.2, 0.25) is 5.91 Å². The molecule has 1 aliphatic rings. The van der Waals surface area contributed by atoms with Crippen LogP contribution in [0.1, 0.15) is 33.1 Å². The fourth-order valence-corrected chi connectivity index (χ4v) is 1.83. The molecule has 2 N–H and O–H groups in total. The van der Waals surface area contributed by atoms with Crippen LogP contribution in [0.25, 0.3) is 0 Å². The molecule has 0 aromatic carbocycles. The number of rotatable bonds is 7. The van der Waals surface area contributed by atoms with E-state index in [1.54, 1.807) is 0 Å². The van der Waals surface area contributed by atoms with Crippen molar-refractivity contribution in [2.75, 3.05) is 20.2 Å². The predicted octanol–water partition coefficient (Wildman–Crippen LogP) is 0.604. The number of carbonyl (C=O) groups excluding carboxylic acids is 1. The first kappa shape index (κ1) is 13.5. The number of hydrogen-bond acceptors (Lipinski definition) is 3. The molecule has 0 spiro atoms. The second-order valence-electron chi connectivity index (χ2n) is 5.08. The molecule has 1 amide bonds. The third-order valence-corrected chi connectivity index (χ3v) is 3.15. The van der Waals surface area contributed by atoms with Crippen LogP contribution in [-0.4, -0.2) is 48.2 Å². The lowest BCUT2D eigenvalue weighted by atomic mass is 10.0. The van der Waals surface area contributed by atoms with Crippen LogP contribution in [0.15, 0.2) is 0 Å². The molecule has 0 aliphatic heterocycles. The number of nitrogens with zero attached hydrogens (tertiary/aromatic N) is 1. The minimum atomic E-state index is 0.0709. The van der Waals surface area contributed by atoms with E-state index in [0.717, 1.165) is 0 Å². The highest BCUT2D eigenvalue weighted by Crippen LogP contribution is 2.24. The molecular weight excluding hydrogens is 204 g/mol. The summed E-state index contributed by atoms with van der Waals surface area (Å²) in [6, 6.07) is 0.700. The summed E-state index contributed by atoms with van der Waals surface area (Å²) in [4.78, 5) is 13.8. The van der Waals surface area contributed by atoms with E-state index in [1.165, 1.54) is 12.8 Å². The van der Waals surface area contributed by atoms with Crippen LogP contribution in [0.5, 0.6) is 0 Å². The van der Waals surface area contributed by atoms with Gasteiger partial charge in [0.15, 0.2) is 0 Å². The molecule has 4 nitrogen and oxygen atoms in total. The number of aliphatic hydroxyl groups is 1. The Morgan fingerprint density at radius 1 is 1.50 bits per heavy atom. The lowest BCUT2D eigenvalue weighted by molar-refractivity contribution is -0.123. The van der Waals surface area contributed by atoms with Gasteiger partial charge in [-0.25, -0.2) is 0 Å². The molecular formula is C12H24N2O2. The van der Waals surface area contributed by atoms with E-state index in [9.17, 15) is 4.79 Å². The highest BCUT2D eigenvalue weighted by Gasteiger charge is 2.27. The van der Waals surface area contributed by atoms with Gasteiger partial charge in [0.05, 0.1) is 6.54 Å². The van der Waals surface area contributed by atoms with Crippen LogP contribution in [0.4, 0.5) is 0 Å². The topological polar surface area (TPSA) is 52.6 Å². The minimum Gasteiger partial charge on any atom is -0.396 e. The summed E-state index contributed by atoms with van der Waals surface area (Å²) in [5.74, 6) is 0.434. The maximum Gasteiger partial charge on any atom is 0.234 e. The van der Waals surface area contributed by atoms with Crippen molar-refractivity contribution in [2.45, 2.75) is 45.2 Å². The zero-order valence-corrected chi connectivity index (χ0v) is 10.6. The van der Waals surface area contributed by atoms with Crippen molar-refractivity contribution in [1.82, 2.24) is 10.2 Å². The summed E-state index contributed by atoms with van der Waals surface area (Å²) in [6.07, 6.45) is 3.07. The van der Waals surface area contributed by atoms with Gasteiger partial charge in [-0.2, -0.15) is 0 Å². The van der Waals surface area contributed by atoms with Gasteiger partial charge in [0.1, 0.15) is 0 Å². The maximum atomic E-state index is 11.7. The smallest absolute Gasteiger partial charge is 0.234 e. The molecule has 0 heterocycles. The second kappa shape index (κ2) is 6.21. The van der Waals surface area contributed by atoms with Gasteiger partial charge < -0.3 is 10.4 Å². The normalized spacial score (nSPS) is 17.9. The Labute approximate surface area is 98.0 Å². The Hall–Kier alpha value is -0.610. The van der Waals surface area contributed by atoms with Gasteiger partial charge >= 0.3 is 0 Å². The van der Waals surface area contributed by atoms with Gasteiger partial charge in [0.25, 0.3) is 0 Å².